The van der Waals surface area contributed by atoms with Gasteiger partial charge in [-0.05, 0) is 274 Å². The van der Waals surface area contributed by atoms with Crippen molar-refractivity contribution in [2.75, 3.05) is 0 Å². The maximum atomic E-state index is 10.0. The van der Waals surface area contributed by atoms with Gasteiger partial charge in [-0.1, -0.05) is 224 Å². The normalized spacial score (nSPS) is 11.3. The maximum Gasteiger partial charge on any atom is 0.145 e. The highest BCUT2D eigenvalue weighted by molar-refractivity contribution is 6.15. The summed E-state index contributed by atoms with van der Waals surface area (Å²) < 4.78 is 13.6. The average Bonchev–Trinajstić information content (AvgIpc) is 1.57. The lowest BCUT2D eigenvalue weighted by atomic mass is 9.91. The van der Waals surface area contributed by atoms with Gasteiger partial charge in [-0.2, -0.15) is 31.6 Å². The quantitative estimate of drug-likeness (QED) is 0.114. The second-order valence-corrected chi connectivity index (χ2v) is 35.7. The lowest BCUT2D eigenvalue weighted by Gasteiger charge is -2.17. The van der Waals surface area contributed by atoms with Crippen LogP contribution in [-0.4, -0.2) is 42.4 Å². The molecule has 27 aromatic rings. The summed E-state index contributed by atoms with van der Waals surface area (Å²) in [5, 5.41) is 71.4. The number of nitriles is 6. The first kappa shape index (κ1) is 84.9. The van der Waals surface area contributed by atoms with Gasteiger partial charge in [-0.15, -0.1) is 0 Å². The number of para-hydroxylation sites is 6. The second kappa shape index (κ2) is 35.4. The molecule has 0 bridgehead atoms. The molecule has 18 aromatic carbocycles. The predicted molar refractivity (Wildman–Crippen MR) is 580 cm³/mol. The van der Waals surface area contributed by atoms with Gasteiger partial charge >= 0.3 is 0 Å². The molecule has 0 atom stereocenters. The van der Waals surface area contributed by atoms with Crippen molar-refractivity contribution in [1.29, 1.82) is 31.6 Å². The Morgan fingerprint density at radius 2 is 0.410 bits per heavy atom. The first-order valence-corrected chi connectivity index (χ1v) is 47.3. The Labute approximate surface area is 825 Å². The number of hydrogen-bond donors (Lipinski definition) is 0. The Balaban J connectivity index is 0.000000113. The van der Waals surface area contributed by atoms with Crippen molar-refractivity contribution in [3.05, 3.63) is 489 Å². The Morgan fingerprint density at radius 3 is 0.757 bits per heavy atom. The van der Waals surface area contributed by atoms with Crippen molar-refractivity contribution in [3.63, 3.8) is 0 Å². The Kier molecular flexibility index (Phi) is 20.8. The van der Waals surface area contributed by atoms with E-state index in [2.05, 4.69) is 325 Å². The minimum atomic E-state index is 0.620. The minimum absolute atomic E-state index is 0.620. The number of pyridine rings is 3. The molecule has 0 saturated heterocycles. The van der Waals surface area contributed by atoms with Crippen molar-refractivity contribution < 1.29 is 0 Å². The van der Waals surface area contributed by atoms with E-state index in [9.17, 15) is 31.6 Å². The third-order valence-corrected chi connectivity index (χ3v) is 27.6. The van der Waals surface area contributed by atoms with Crippen LogP contribution in [-0.2, 0) is 0 Å². The first-order valence-electron chi connectivity index (χ1n) is 47.3. The van der Waals surface area contributed by atoms with E-state index in [1.54, 1.807) is 0 Å². The number of rotatable bonds is 12. The van der Waals surface area contributed by atoms with Gasteiger partial charge in [0.1, 0.15) is 16.9 Å². The number of hydrogen-bond acceptors (Lipinski definition) is 9. The van der Waals surface area contributed by atoms with E-state index in [0.717, 1.165) is 232 Å². The van der Waals surface area contributed by atoms with Crippen LogP contribution in [0.25, 0.3) is 232 Å². The Hall–Kier alpha value is -20.8. The van der Waals surface area contributed by atoms with Gasteiger partial charge in [0, 0.05) is 106 Å². The highest BCUT2D eigenvalue weighted by Gasteiger charge is 2.26. The fraction of sp³-hybridized carbons (Fsp3) is 0. The Bertz CT molecular complexity index is 10100. The summed E-state index contributed by atoms with van der Waals surface area (Å²) in [5.41, 5.74) is 34.0. The van der Waals surface area contributed by atoms with Crippen LogP contribution >= 0.6 is 0 Å². The van der Waals surface area contributed by atoms with Gasteiger partial charge in [0.2, 0.25) is 0 Å². The van der Waals surface area contributed by atoms with E-state index in [0.29, 0.717) is 33.4 Å². The van der Waals surface area contributed by atoms with E-state index in [1.807, 2.05) is 195 Å². The lowest BCUT2D eigenvalue weighted by Crippen LogP contribution is -2.01. The van der Waals surface area contributed by atoms with Crippen molar-refractivity contribution in [2.24, 2.45) is 0 Å². The third kappa shape index (κ3) is 14.3. The zero-order chi connectivity index (χ0) is 96.6. The highest BCUT2D eigenvalue weighted by Crippen LogP contribution is 2.47. The van der Waals surface area contributed by atoms with E-state index >= 15 is 0 Å². The molecule has 0 fully saturated rings. The number of aromatic nitrogens is 9. The molecule has 0 N–H and O–H groups in total. The molecule has 0 unspecified atom stereocenters. The molecule has 27 rings (SSSR count). The van der Waals surface area contributed by atoms with Crippen LogP contribution in [0, 0.1) is 68.0 Å². The van der Waals surface area contributed by atoms with Crippen LogP contribution in [0.15, 0.2) is 455 Å². The fourth-order valence-electron chi connectivity index (χ4n) is 21.4. The summed E-state index contributed by atoms with van der Waals surface area (Å²) in [7, 11) is 0. The molecule has 0 aliphatic heterocycles. The average molecular weight is 1840 g/mol. The monoisotopic (exact) mass is 1830 g/mol. The van der Waals surface area contributed by atoms with Crippen LogP contribution in [0.3, 0.4) is 0 Å². The summed E-state index contributed by atoms with van der Waals surface area (Å²) in [4.78, 5) is 14.7. The zero-order valence-corrected chi connectivity index (χ0v) is 77.0. The summed E-state index contributed by atoms with van der Waals surface area (Å²) in [6.07, 6.45) is 5.54. The molecular formula is C129H75N15. The largest absolute Gasteiger partial charge is 0.309 e. The van der Waals surface area contributed by atoms with Gasteiger partial charge in [0.05, 0.1) is 137 Å². The molecule has 0 aliphatic carbocycles. The molecule has 0 aliphatic rings. The fourth-order valence-corrected chi connectivity index (χ4v) is 21.4. The number of fused-ring (bicyclic) bond motifs is 18. The smallest absolute Gasteiger partial charge is 0.145 e. The van der Waals surface area contributed by atoms with Gasteiger partial charge in [-0.25, -0.2) is 15.0 Å². The second-order valence-electron chi connectivity index (χ2n) is 35.7. The summed E-state index contributed by atoms with van der Waals surface area (Å²) in [6, 6.07) is 163. The van der Waals surface area contributed by atoms with E-state index in [-0.39, 0.29) is 0 Å². The molecular weight excluding hydrogens is 1760 g/mol. The zero-order valence-electron chi connectivity index (χ0n) is 77.0. The highest BCUT2D eigenvalue weighted by atomic mass is 15.1. The van der Waals surface area contributed by atoms with Gasteiger partial charge in [-0.3, -0.25) is 13.7 Å². The SMILES string of the molecule is N#Cc1ccc(-c2ccccc2-c2cc(-n3c4ccccc4c4cc(C#N)ccc43)cc(-n3c4ccccc4c4cccnc43)c2)cc1.N#Cc1ccc2c(c1)c1ccccc1n2-c1cc(-c2ccccc2-c2ccccc2C#N)cc(-n2c3ccccc3c3cccnc32)c1.N#Cc1cccc(-c2ccccc2-c2cc(-n3c4ccccc4c4cc(C#N)ccc43)cc(-n3c4ccccc4c4cccnc43)c2)c1. The molecule has 0 amide bonds. The summed E-state index contributed by atoms with van der Waals surface area (Å²) in [5.74, 6) is 0. The van der Waals surface area contributed by atoms with Crippen LogP contribution in [0.1, 0.15) is 33.4 Å². The lowest BCUT2D eigenvalue weighted by molar-refractivity contribution is 1.11. The predicted octanol–water partition coefficient (Wildman–Crippen LogP) is 31.1. The molecule has 144 heavy (non-hydrogen) atoms. The molecule has 15 heteroatoms. The van der Waals surface area contributed by atoms with Crippen LogP contribution in [0.2, 0.25) is 0 Å². The first-order chi connectivity index (χ1) is 71.2. The van der Waals surface area contributed by atoms with Crippen molar-refractivity contribution in [2.45, 2.75) is 0 Å². The van der Waals surface area contributed by atoms with Crippen LogP contribution in [0.4, 0.5) is 0 Å². The van der Waals surface area contributed by atoms with Gasteiger partial charge < -0.3 is 13.7 Å². The maximum absolute atomic E-state index is 10.0. The van der Waals surface area contributed by atoms with Crippen molar-refractivity contribution in [1.82, 2.24) is 42.4 Å². The minimum Gasteiger partial charge on any atom is -0.309 e. The molecule has 0 saturated carbocycles. The van der Waals surface area contributed by atoms with Crippen molar-refractivity contribution in [3.8, 4) is 137 Å². The molecule has 666 valence electrons. The van der Waals surface area contributed by atoms with E-state index in [4.69, 9.17) is 15.0 Å². The van der Waals surface area contributed by atoms with Crippen LogP contribution in [0.5, 0.6) is 0 Å². The van der Waals surface area contributed by atoms with E-state index < -0.39 is 0 Å². The van der Waals surface area contributed by atoms with Gasteiger partial charge in [0.25, 0.3) is 0 Å². The number of benzene rings is 18. The topological polar surface area (TPSA) is 211 Å². The summed E-state index contributed by atoms with van der Waals surface area (Å²) >= 11 is 0. The van der Waals surface area contributed by atoms with Gasteiger partial charge in [0.15, 0.2) is 0 Å². The summed E-state index contributed by atoms with van der Waals surface area (Å²) in [6.45, 7) is 0. The molecule has 15 nitrogen and oxygen atoms in total. The van der Waals surface area contributed by atoms with Crippen molar-refractivity contribution >= 4 is 131 Å². The number of nitrogens with zero attached hydrogens (tertiary/aromatic N) is 15. The standard InChI is InChI=1S/3C43H25N5/c44-26-28-9-7-10-30(21-28)34-11-1-2-12-35(34)31-23-32(47-40-16-5-4-14-37(40)39-22-29(27-45)18-19-42(39)47)25-33(24-31)48-41-17-6-3-13-36(41)38-15-8-20-46-43(38)48;44-26-28-15-18-30(19-16-28)34-8-1-2-9-35(34)31-23-32(47-40-13-5-4-11-37(40)39-22-29(27-45)17-20-42(39)47)25-33(24-31)48-41-14-6-3-10-36(41)38-12-7-21-46-43(38)48;44-26-28-19-20-42-39(22-28)37-15-6-7-17-40(37)47(42)31-23-30(34-12-3-4-13-35(34)33-11-2-1-10-29(33)27-45)24-32(25-31)48-41-18-8-5-14-36(41)38-16-9-21-46-43(38)48/h3*1-25H. The van der Waals surface area contributed by atoms with Crippen LogP contribution < -0.4 is 0 Å². The van der Waals surface area contributed by atoms with E-state index in [1.165, 1.54) is 0 Å². The molecule has 0 radical (unpaired) electrons. The third-order valence-electron chi connectivity index (χ3n) is 27.6. The molecule has 9 aromatic heterocycles. The molecule has 0 spiro atoms. The Morgan fingerprint density at radius 1 is 0.153 bits per heavy atom. The molecule has 9 heterocycles.